The molecule has 0 unspecified atom stereocenters. The first-order valence-corrected chi connectivity index (χ1v) is 10.6. The van der Waals surface area contributed by atoms with Crippen LogP contribution in [0.25, 0.3) is 0 Å². The van der Waals surface area contributed by atoms with Crippen molar-refractivity contribution in [2.24, 2.45) is 5.92 Å². The Kier molecular flexibility index (Phi) is 6.23. The predicted molar refractivity (Wildman–Crippen MR) is 100 cm³/mol. The zero-order valence-electron chi connectivity index (χ0n) is 15.8. The number of amides is 1. The molecule has 0 aliphatic carbocycles. The summed E-state index contributed by atoms with van der Waals surface area (Å²) in [6.45, 7) is 3.10. The average Bonchev–Trinajstić information content (AvgIpc) is 2.73. The molecule has 2 aliphatic rings. The van der Waals surface area contributed by atoms with Gasteiger partial charge in [0.25, 0.3) is 0 Å². The lowest BCUT2D eigenvalue weighted by atomic mass is 9.96. The molecule has 0 radical (unpaired) electrons. The van der Waals surface area contributed by atoms with E-state index in [0.29, 0.717) is 18.8 Å². The van der Waals surface area contributed by atoms with Crippen LogP contribution in [0.15, 0.2) is 23.1 Å². The van der Waals surface area contributed by atoms with E-state index in [1.54, 1.807) is 17.0 Å². The van der Waals surface area contributed by atoms with Crippen LogP contribution in [-0.2, 0) is 14.8 Å². The molecule has 2 heterocycles. The summed E-state index contributed by atoms with van der Waals surface area (Å²) in [5.41, 5.74) is 0. The number of nitrogens with one attached hydrogen (secondary N) is 1. The number of benzene rings is 1. The van der Waals surface area contributed by atoms with E-state index in [9.17, 15) is 13.2 Å². The standard InChI is InChI=1S/C18H27N3O5S/c1-25-15-3-4-16(26-2)17(13-15)27(23,24)21-11-9-20(10-12-21)18(22)14-5-7-19-8-6-14/h3-4,13-14,19H,5-12H2,1-2H3. The molecule has 2 aliphatic heterocycles. The molecule has 27 heavy (non-hydrogen) atoms. The normalized spacial score (nSPS) is 19.7. The zero-order valence-corrected chi connectivity index (χ0v) is 16.6. The van der Waals surface area contributed by atoms with E-state index in [4.69, 9.17) is 9.47 Å². The molecule has 0 bridgehead atoms. The summed E-state index contributed by atoms with van der Waals surface area (Å²) in [6, 6.07) is 4.72. The molecule has 150 valence electrons. The molecule has 0 spiro atoms. The van der Waals surface area contributed by atoms with Gasteiger partial charge in [-0.15, -0.1) is 0 Å². The van der Waals surface area contributed by atoms with Gasteiger partial charge in [0.05, 0.1) is 14.2 Å². The molecule has 1 aromatic rings. The minimum atomic E-state index is -3.73. The predicted octanol–water partition coefficient (Wildman–Crippen LogP) is 0.536. The van der Waals surface area contributed by atoms with E-state index in [-0.39, 0.29) is 35.6 Å². The fourth-order valence-electron chi connectivity index (χ4n) is 3.60. The Labute approximate surface area is 160 Å². The monoisotopic (exact) mass is 397 g/mol. The van der Waals surface area contributed by atoms with Crippen LogP contribution in [0.3, 0.4) is 0 Å². The van der Waals surface area contributed by atoms with Gasteiger partial charge in [0.15, 0.2) is 0 Å². The largest absolute Gasteiger partial charge is 0.497 e. The highest BCUT2D eigenvalue weighted by molar-refractivity contribution is 7.89. The minimum absolute atomic E-state index is 0.0490. The summed E-state index contributed by atoms with van der Waals surface area (Å²) in [6.07, 6.45) is 1.69. The van der Waals surface area contributed by atoms with Crippen molar-refractivity contribution in [1.29, 1.82) is 0 Å². The summed E-state index contributed by atoms with van der Waals surface area (Å²) in [5.74, 6) is 0.929. The summed E-state index contributed by atoms with van der Waals surface area (Å²) in [7, 11) is -0.801. The molecule has 0 atom stereocenters. The van der Waals surface area contributed by atoms with Crippen molar-refractivity contribution in [1.82, 2.24) is 14.5 Å². The molecule has 0 aromatic heterocycles. The van der Waals surface area contributed by atoms with Gasteiger partial charge in [-0.1, -0.05) is 0 Å². The molecule has 0 saturated carbocycles. The van der Waals surface area contributed by atoms with Crippen LogP contribution in [0.5, 0.6) is 11.5 Å². The van der Waals surface area contributed by atoms with Gasteiger partial charge in [0, 0.05) is 38.2 Å². The van der Waals surface area contributed by atoms with Crippen molar-refractivity contribution in [2.45, 2.75) is 17.7 Å². The molecule has 2 saturated heterocycles. The number of piperidine rings is 1. The molecule has 8 nitrogen and oxygen atoms in total. The van der Waals surface area contributed by atoms with Crippen molar-refractivity contribution in [3.05, 3.63) is 18.2 Å². The number of methoxy groups -OCH3 is 2. The first kappa shape index (κ1) is 19.9. The highest BCUT2D eigenvalue weighted by Gasteiger charge is 2.34. The van der Waals surface area contributed by atoms with E-state index in [1.807, 2.05) is 0 Å². The number of carbonyl (C=O) groups is 1. The Morgan fingerprint density at radius 1 is 1.07 bits per heavy atom. The Morgan fingerprint density at radius 3 is 2.33 bits per heavy atom. The van der Waals surface area contributed by atoms with Gasteiger partial charge in [-0.2, -0.15) is 4.31 Å². The summed E-state index contributed by atoms with van der Waals surface area (Å²) in [4.78, 5) is 14.5. The Morgan fingerprint density at radius 2 is 1.74 bits per heavy atom. The third-order valence-corrected chi connectivity index (χ3v) is 7.15. The van der Waals surface area contributed by atoms with E-state index in [1.165, 1.54) is 24.6 Å². The smallest absolute Gasteiger partial charge is 0.247 e. The van der Waals surface area contributed by atoms with E-state index in [2.05, 4.69) is 5.32 Å². The zero-order chi connectivity index (χ0) is 19.4. The van der Waals surface area contributed by atoms with Gasteiger partial charge in [-0.25, -0.2) is 8.42 Å². The van der Waals surface area contributed by atoms with Gasteiger partial charge < -0.3 is 19.7 Å². The maximum atomic E-state index is 13.1. The van der Waals surface area contributed by atoms with E-state index < -0.39 is 10.0 Å². The topological polar surface area (TPSA) is 88.2 Å². The number of sulfonamides is 1. The average molecular weight is 397 g/mol. The molecule has 3 rings (SSSR count). The van der Waals surface area contributed by atoms with Crippen molar-refractivity contribution < 1.29 is 22.7 Å². The number of nitrogens with zero attached hydrogens (tertiary/aromatic N) is 2. The van der Waals surface area contributed by atoms with Gasteiger partial charge in [0.1, 0.15) is 16.4 Å². The van der Waals surface area contributed by atoms with Crippen LogP contribution in [0, 0.1) is 5.92 Å². The van der Waals surface area contributed by atoms with Crippen LogP contribution >= 0.6 is 0 Å². The van der Waals surface area contributed by atoms with Gasteiger partial charge in [-0.3, -0.25) is 4.79 Å². The first-order valence-electron chi connectivity index (χ1n) is 9.19. The lowest BCUT2D eigenvalue weighted by Crippen LogP contribution is -2.52. The number of ether oxygens (including phenoxy) is 2. The number of rotatable bonds is 5. The first-order chi connectivity index (χ1) is 13.0. The van der Waals surface area contributed by atoms with Gasteiger partial charge in [-0.05, 0) is 38.1 Å². The van der Waals surface area contributed by atoms with Crippen molar-refractivity contribution in [3.63, 3.8) is 0 Å². The van der Waals surface area contributed by atoms with Crippen LogP contribution in [0.1, 0.15) is 12.8 Å². The van der Waals surface area contributed by atoms with Crippen LogP contribution in [0.2, 0.25) is 0 Å². The second kappa shape index (κ2) is 8.45. The SMILES string of the molecule is COc1ccc(OC)c(S(=O)(=O)N2CCN(C(=O)C3CCNCC3)CC2)c1. The number of hydrogen-bond donors (Lipinski definition) is 1. The highest BCUT2D eigenvalue weighted by atomic mass is 32.2. The Balaban J connectivity index is 1.70. The Bertz CT molecular complexity index is 769. The number of carbonyl (C=O) groups excluding carboxylic acids is 1. The lowest BCUT2D eigenvalue weighted by molar-refractivity contribution is -0.137. The number of piperazine rings is 1. The summed E-state index contributed by atoms with van der Waals surface area (Å²) in [5, 5.41) is 3.26. The third kappa shape index (κ3) is 4.20. The van der Waals surface area contributed by atoms with Crippen molar-refractivity contribution in [2.75, 3.05) is 53.5 Å². The fraction of sp³-hybridized carbons (Fsp3) is 0.611. The Hall–Kier alpha value is -1.84. The van der Waals surface area contributed by atoms with Crippen LogP contribution < -0.4 is 14.8 Å². The van der Waals surface area contributed by atoms with Gasteiger partial charge in [0.2, 0.25) is 15.9 Å². The lowest BCUT2D eigenvalue weighted by Gasteiger charge is -2.36. The molecule has 1 amide bonds. The molecular weight excluding hydrogens is 370 g/mol. The fourth-order valence-corrected chi connectivity index (χ4v) is 5.19. The molecule has 1 N–H and O–H groups in total. The van der Waals surface area contributed by atoms with Crippen LogP contribution in [0.4, 0.5) is 0 Å². The van der Waals surface area contributed by atoms with Crippen molar-refractivity contribution in [3.8, 4) is 11.5 Å². The molecule has 9 heteroatoms. The maximum absolute atomic E-state index is 13.1. The number of hydrogen-bond acceptors (Lipinski definition) is 6. The summed E-state index contributed by atoms with van der Waals surface area (Å²) < 4.78 is 38.0. The maximum Gasteiger partial charge on any atom is 0.247 e. The second-order valence-corrected chi connectivity index (χ2v) is 8.68. The molecule has 1 aromatic carbocycles. The van der Waals surface area contributed by atoms with Crippen LogP contribution in [-0.4, -0.2) is 77.0 Å². The van der Waals surface area contributed by atoms with E-state index in [0.717, 1.165) is 25.9 Å². The molecule has 2 fully saturated rings. The van der Waals surface area contributed by atoms with Gasteiger partial charge >= 0.3 is 0 Å². The third-order valence-electron chi connectivity index (χ3n) is 5.23. The second-order valence-electron chi connectivity index (χ2n) is 6.77. The quantitative estimate of drug-likeness (QED) is 0.780. The van der Waals surface area contributed by atoms with E-state index >= 15 is 0 Å². The highest BCUT2D eigenvalue weighted by Crippen LogP contribution is 2.31. The molecular formula is C18H27N3O5S. The summed E-state index contributed by atoms with van der Waals surface area (Å²) >= 11 is 0. The van der Waals surface area contributed by atoms with Crippen molar-refractivity contribution >= 4 is 15.9 Å². The minimum Gasteiger partial charge on any atom is -0.497 e.